The van der Waals surface area contributed by atoms with Crippen LogP contribution < -0.4 is 5.32 Å². The zero-order valence-corrected chi connectivity index (χ0v) is 12.7. The van der Waals surface area contributed by atoms with Crippen molar-refractivity contribution >= 4 is 0 Å². The van der Waals surface area contributed by atoms with Gasteiger partial charge in [-0.05, 0) is 44.2 Å². The van der Waals surface area contributed by atoms with Crippen molar-refractivity contribution in [2.24, 2.45) is 11.8 Å². The molecule has 0 aromatic heterocycles. The second kappa shape index (κ2) is 6.38. The van der Waals surface area contributed by atoms with Gasteiger partial charge >= 0.3 is 0 Å². The van der Waals surface area contributed by atoms with Gasteiger partial charge in [-0.15, -0.1) is 0 Å². The molecule has 0 radical (unpaired) electrons. The largest absolute Gasteiger partial charge is 0.310 e. The van der Waals surface area contributed by atoms with Crippen LogP contribution in [-0.4, -0.2) is 36.6 Å². The molecule has 1 aliphatic carbocycles. The Balaban J connectivity index is 1.94. The van der Waals surface area contributed by atoms with E-state index in [1.807, 2.05) is 0 Å². The highest BCUT2D eigenvalue weighted by Gasteiger charge is 2.35. The van der Waals surface area contributed by atoms with E-state index in [0.29, 0.717) is 5.54 Å². The van der Waals surface area contributed by atoms with E-state index in [9.17, 15) is 0 Å². The second-order valence-corrected chi connectivity index (χ2v) is 7.08. The van der Waals surface area contributed by atoms with Crippen LogP contribution in [0.1, 0.15) is 59.3 Å². The zero-order valence-electron chi connectivity index (χ0n) is 12.7. The van der Waals surface area contributed by atoms with Crippen molar-refractivity contribution in [3.63, 3.8) is 0 Å². The van der Waals surface area contributed by atoms with Crippen LogP contribution in [0.25, 0.3) is 0 Å². The molecule has 1 N–H and O–H groups in total. The molecule has 0 aromatic carbocycles. The van der Waals surface area contributed by atoms with E-state index >= 15 is 0 Å². The Morgan fingerprint density at radius 2 is 1.78 bits per heavy atom. The summed E-state index contributed by atoms with van der Waals surface area (Å²) in [7, 11) is 0. The molecule has 0 bridgehead atoms. The van der Waals surface area contributed by atoms with E-state index in [2.05, 4.69) is 31.0 Å². The standard InChI is InChI=1S/C16H32N2/c1-14(2)15(3)12-18-11-7-10-17-16(13-18)8-5-4-6-9-16/h14-15,17H,4-13H2,1-3H3. The number of rotatable bonds is 3. The maximum Gasteiger partial charge on any atom is 0.0308 e. The first-order chi connectivity index (χ1) is 8.61. The third kappa shape index (κ3) is 3.71. The van der Waals surface area contributed by atoms with Crippen LogP contribution in [0.5, 0.6) is 0 Å². The summed E-state index contributed by atoms with van der Waals surface area (Å²) < 4.78 is 0. The summed E-state index contributed by atoms with van der Waals surface area (Å²) in [6.45, 7) is 12.2. The highest BCUT2D eigenvalue weighted by molar-refractivity contribution is 4.95. The lowest BCUT2D eigenvalue weighted by molar-refractivity contribution is 0.142. The SMILES string of the molecule is CC(C)C(C)CN1CCCNC2(CCCCC2)C1. The first-order valence-electron chi connectivity index (χ1n) is 8.09. The van der Waals surface area contributed by atoms with Gasteiger partial charge in [0.2, 0.25) is 0 Å². The van der Waals surface area contributed by atoms with Gasteiger partial charge < -0.3 is 10.2 Å². The molecule has 2 heteroatoms. The van der Waals surface area contributed by atoms with Crippen molar-refractivity contribution in [1.82, 2.24) is 10.2 Å². The minimum Gasteiger partial charge on any atom is -0.310 e. The van der Waals surface area contributed by atoms with Gasteiger partial charge in [0.15, 0.2) is 0 Å². The molecule has 1 unspecified atom stereocenters. The Morgan fingerprint density at radius 3 is 2.44 bits per heavy atom. The second-order valence-electron chi connectivity index (χ2n) is 7.08. The fourth-order valence-electron chi connectivity index (χ4n) is 3.56. The summed E-state index contributed by atoms with van der Waals surface area (Å²) >= 11 is 0. The Morgan fingerprint density at radius 1 is 1.06 bits per heavy atom. The minimum absolute atomic E-state index is 0.464. The van der Waals surface area contributed by atoms with Gasteiger partial charge in [-0.3, -0.25) is 0 Å². The van der Waals surface area contributed by atoms with Crippen molar-refractivity contribution in [2.75, 3.05) is 26.2 Å². The Kier molecular flexibility index (Phi) is 5.08. The van der Waals surface area contributed by atoms with E-state index in [1.165, 1.54) is 64.7 Å². The third-order valence-corrected chi connectivity index (χ3v) is 5.17. The lowest BCUT2D eigenvalue weighted by Crippen LogP contribution is -2.53. The number of nitrogens with one attached hydrogen (secondary N) is 1. The molecule has 0 aromatic rings. The maximum absolute atomic E-state index is 3.89. The summed E-state index contributed by atoms with van der Waals surface area (Å²) in [6.07, 6.45) is 8.44. The lowest BCUT2D eigenvalue weighted by Gasteiger charge is -2.40. The monoisotopic (exact) mass is 252 g/mol. The van der Waals surface area contributed by atoms with E-state index in [4.69, 9.17) is 0 Å². The number of hydrogen-bond acceptors (Lipinski definition) is 2. The predicted octanol–water partition coefficient (Wildman–Crippen LogP) is 3.28. The highest BCUT2D eigenvalue weighted by Crippen LogP contribution is 2.30. The lowest BCUT2D eigenvalue weighted by atomic mass is 9.81. The molecule has 2 nitrogen and oxygen atoms in total. The van der Waals surface area contributed by atoms with Crippen LogP contribution in [0.2, 0.25) is 0 Å². The molecule has 2 rings (SSSR count). The summed E-state index contributed by atoms with van der Waals surface area (Å²) in [5.74, 6) is 1.63. The topological polar surface area (TPSA) is 15.3 Å². The Hall–Kier alpha value is -0.0800. The molecule has 1 atom stereocenters. The fourth-order valence-corrected chi connectivity index (χ4v) is 3.56. The molecule has 18 heavy (non-hydrogen) atoms. The van der Waals surface area contributed by atoms with Crippen LogP contribution in [-0.2, 0) is 0 Å². The molecule has 1 spiro atoms. The highest BCUT2D eigenvalue weighted by atomic mass is 15.2. The molecule has 106 valence electrons. The first kappa shape index (κ1) is 14.3. The molecule has 1 aliphatic heterocycles. The van der Waals surface area contributed by atoms with Gasteiger partial charge in [-0.25, -0.2) is 0 Å². The van der Waals surface area contributed by atoms with Gasteiger partial charge in [0.25, 0.3) is 0 Å². The van der Waals surface area contributed by atoms with Crippen LogP contribution in [0.4, 0.5) is 0 Å². The number of hydrogen-bond donors (Lipinski definition) is 1. The van der Waals surface area contributed by atoms with Gasteiger partial charge in [0, 0.05) is 18.6 Å². The third-order valence-electron chi connectivity index (χ3n) is 5.17. The summed E-state index contributed by atoms with van der Waals surface area (Å²) in [5, 5.41) is 3.89. The molecule has 1 saturated heterocycles. The Bertz CT molecular complexity index is 243. The summed E-state index contributed by atoms with van der Waals surface area (Å²) in [5.41, 5.74) is 0.464. The fraction of sp³-hybridized carbons (Fsp3) is 1.00. The number of nitrogens with zero attached hydrogens (tertiary/aromatic N) is 1. The van der Waals surface area contributed by atoms with Gasteiger partial charge in [0.1, 0.15) is 0 Å². The molecule has 0 amide bonds. The van der Waals surface area contributed by atoms with Crippen molar-refractivity contribution in [1.29, 1.82) is 0 Å². The van der Waals surface area contributed by atoms with Crippen molar-refractivity contribution in [3.8, 4) is 0 Å². The smallest absolute Gasteiger partial charge is 0.0308 e. The normalized spacial score (nSPS) is 27.3. The average Bonchev–Trinajstić information content (AvgIpc) is 2.53. The van der Waals surface area contributed by atoms with E-state index in [0.717, 1.165) is 11.8 Å². The van der Waals surface area contributed by atoms with E-state index in [1.54, 1.807) is 0 Å². The average molecular weight is 252 g/mol. The predicted molar refractivity (Wildman–Crippen MR) is 78.9 cm³/mol. The van der Waals surface area contributed by atoms with Gasteiger partial charge in [0.05, 0.1) is 0 Å². The quantitative estimate of drug-likeness (QED) is 0.829. The van der Waals surface area contributed by atoms with Gasteiger partial charge in [-0.1, -0.05) is 40.0 Å². The zero-order chi connectivity index (χ0) is 13.0. The molecule has 1 heterocycles. The molecule has 2 aliphatic rings. The molecular formula is C16H32N2. The van der Waals surface area contributed by atoms with Crippen LogP contribution in [0.3, 0.4) is 0 Å². The Labute approximate surface area is 114 Å². The van der Waals surface area contributed by atoms with Crippen LogP contribution in [0.15, 0.2) is 0 Å². The summed E-state index contributed by atoms with van der Waals surface area (Å²) in [4.78, 5) is 2.75. The molecular weight excluding hydrogens is 220 g/mol. The summed E-state index contributed by atoms with van der Waals surface area (Å²) in [6, 6.07) is 0. The van der Waals surface area contributed by atoms with Gasteiger partial charge in [-0.2, -0.15) is 0 Å². The van der Waals surface area contributed by atoms with E-state index in [-0.39, 0.29) is 0 Å². The van der Waals surface area contributed by atoms with Crippen molar-refractivity contribution < 1.29 is 0 Å². The maximum atomic E-state index is 3.89. The van der Waals surface area contributed by atoms with Crippen LogP contribution >= 0.6 is 0 Å². The minimum atomic E-state index is 0.464. The van der Waals surface area contributed by atoms with Crippen molar-refractivity contribution in [2.45, 2.75) is 64.8 Å². The molecule has 2 fully saturated rings. The van der Waals surface area contributed by atoms with Crippen LogP contribution in [0, 0.1) is 11.8 Å². The first-order valence-corrected chi connectivity index (χ1v) is 8.09. The van der Waals surface area contributed by atoms with Crippen molar-refractivity contribution in [3.05, 3.63) is 0 Å². The molecule has 1 saturated carbocycles. The van der Waals surface area contributed by atoms with E-state index < -0.39 is 0 Å².